The molecule has 0 N–H and O–H groups in total. The Morgan fingerprint density at radius 2 is 2.21 bits per heavy atom. The van der Waals surface area contributed by atoms with Crippen LogP contribution in [0.5, 0.6) is 5.75 Å². The van der Waals surface area contributed by atoms with Crippen LogP contribution in [-0.4, -0.2) is 25.1 Å². The molecule has 0 fully saturated rings. The summed E-state index contributed by atoms with van der Waals surface area (Å²) in [6.45, 7) is 1.98. The summed E-state index contributed by atoms with van der Waals surface area (Å²) in [7, 11) is 0. The maximum absolute atomic E-state index is 14.2. The summed E-state index contributed by atoms with van der Waals surface area (Å²) < 4.78 is 38.8. The highest BCUT2D eigenvalue weighted by atomic mass is 79.9. The van der Waals surface area contributed by atoms with E-state index in [1.165, 1.54) is 13.0 Å². The number of esters is 1. The van der Waals surface area contributed by atoms with Crippen molar-refractivity contribution in [3.63, 3.8) is 0 Å². The van der Waals surface area contributed by atoms with Gasteiger partial charge in [-0.1, -0.05) is 12.1 Å². The number of hydrogen-bond donors (Lipinski definition) is 0. The molecule has 0 saturated carbocycles. The van der Waals surface area contributed by atoms with Crippen molar-refractivity contribution in [3.05, 3.63) is 28.2 Å². The summed E-state index contributed by atoms with van der Waals surface area (Å²) in [4.78, 5) is 12.0. The first kappa shape index (κ1) is 14.2. The average Bonchev–Trinajstić information content (AvgIpc) is 2.35. The number of ether oxygens (including phenoxy) is 2. The summed E-state index contributed by atoms with van der Waals surface area (Å²) in [6.07, 6.45) is 0. The largest absolute Gasteiger partial charge is 0.486 e. The lowest BCUT2D eigenvalue weighted by Gasteiger charge is -2.40. The molecular formula is C13H13BrF2O3. The van der Waals surface area contributed by atoms with Crippen LogP contribution in [0.1, 0.15) is 19.4 Å². The lowest BCUT2D eigenvalue weighted by Crippen LogP contribution is -2.55. The molecular weight excluding hydrogens is 322 g/mol. The van der Waals surface area contributed by atoms with Crippen molar-refractivity contribution in [1.82, 2.24) is 0 Å². The second-order valence-corrected chi connectivity index (χ2v) is 5.31. The Morgan fingerprint density at radius 3 is 2.84 bits per heavy atom. The van der Waals surface area contributed by atoms with Crippen LogP contribution < -0.4 is 4.74 Å². The van der Waals surface area contributed by atoms with Gasteiger partial charge in [0.2, 0.25) is 0 Å². The van der Waals surface area contributed by atoms with E-state index >= 15 is 0 Å². The molecule has 1 aromatic rings. The Hall–Kier alpha value is -1.17. The Labute approximate surface area is 118 Å². The fraction of sp³-hybridized carbons (Fsp3) is 0.462. The number of rotatable bonds is 2. The van der Waals surface area contributed by atoms with Gasteiger partial charge in [0.1, 0.15) is 5.75 Å². The zero-order chi connectivity index (χ0) is 14.3. The van der Waals surface area contributed by atoms with E-state index in [1.807, 2.05) is 0 Å². The lowest BCUT2D eigenvalue weighted by atomic mass is 9.75. The Morgan fingerprint density at radius 1 is 1.53 bits per heavy atom. The number of carbonyl (C=O) groups is 1. The van der Waals surface area contributed by atoms with Crippen LogP contribution in [0.25, 0.3) is 0 Å². The molecule has 0 spiro atoms. The smallest absolute Gasteiger partial charge is 0.322 e. The molecule has 1 aliphatic rings. The lowest BCUT2D eigenvalue weighted by molar-refractivity contribution is -0.176. The number of fused-ring (bicyclic) bond motifs is 1. The van der Waals surface area contributed by atoms with Crippen LogP contribution >= 0.6 is 15.9 Å². The standard InChI is InChI=1S/C13H13BrF2O3/c1-3-18-11(17)12(2)8-5-4-6-9(14)10(8)19-7-13(12,15)16/h4-6H,3,7H2,1-2H3. The van der Waals surface area contributed by atoms with E-state index in [0.717, 1.165) is 0 Å². The molecule has 1 heterocycles. The van der Waals surface area contributed by atoms with Crippen LogP contribution in [0, 0.1) is 0 Å². The molecule has 1 atom stereocenters. The van der Waals surface area contributed by atoms with Gasteiger partial charge in [-0.05, 0) is 35.8 Å². The van der Waals surface area contributed by atoms with E-state index in [9.17, 15) is 13.6 Å². The Kier molecular flexibility index (Phi) is 3.55. The number of halogens is 3. The second-order valence-electron chi connectivity index (χ2n) is 4.46. The molecule has 1 unspecified atom stereocenters. The van der Waals surface area contributed by atoms with E-state index in [0.29, 0.717) is 4.47 Å². The molecule has 0 aliphatic carbocycles. The van der Waals surface area contributed by atoms with Crippen LogP contribution in [0.4, 0.5) is 8.78 Å². The van der Waals surface area contributed by atoms with Crippen molar-refractivity contribution in [2.24, 2.45) is 0 Å². The maximum Gasteiger partial charge on any atom is 0.322 e. The average molecular weight is 335 g/mol. The third kappa shape index (κ3) is 2.02. The summed E-state index contributed by atoms with van der Waals surface area (Å²) in [5.74, 6) is -4.00. The van der Waals surface area contributed by atoms with Gasteiger partial charge in [-0.3, -0.25) is 4.79 Å². The van der Waals surface area contributed by atoms with Gasteiger partial charge in [0.05, 0.1) is 11.1 Å². The first-order valence-corrected chi connectivity index (χ1v) is 6.60. The fourth-order valence-electron chi connectivity index (χ4n) is 2.09. The Balaban J connectivity index is 2.63. The molecule has 6 heteroatoms. The SMILES string of the molecule is CCOC(=O)C1(C)c2cccc(Br)c2OCC1(F)F. The monoisotopic (exact) mass is 334 g/mol. The van der Waals surface area contributed by atoms with Crippen LogP contribution in [0.15, 0.2) is 22.7 Å². The zero-order valence-corrected chi connectivity index (χ0v) is 12.1. The van der Waals surface area contributed by atoms with Crippen molar-refractivity contribution in [2.45, 2.75) is 25.2 Å². The molecule has 0 saturated heterocycles. The van der Waals surface area contributed by atoms with Gasteiger partial charge in [0.25, 0.3) is 0 Å². The van der Waals surface area contributed by atoms with E-state index in [4.69, 9.17) is 9.47 Å². The molecule has 104 valence electrons. The van der Waals surface area contributed by atoms with E-state index in [-0.39, 0.29) is 17.9 Å². The van der Waals surface area contributed by atoms with Gasteiger partial charge in [-0.25, -0.2) is 8.78 Å². The highest BCUT2D eigenvalue weighted by Gasteiger charge is 2.62. The summed E-state index contributed by atoms with van der Waals surface area (Å²) >= 11 is 3.24. The summed E-state index contributed by atoms with van der Waals surface area (Å²) in [5.41, 5.74) is -1.91. The van der Waals surface area contributed by atoms with Gasteiger partial charge in [-0.2, -0.15) is 0 Å². The number of para-hydroxylation sites is 1. The van der Waals surface area contributed by atoms with E-state index in [2.05, 4.69) is 15.9 Å². The number of hydrogen-bond acceptors (Lipinski definition) is 3. The molecule has 0 aromatic heterocycles. The van der Waals surface area contributed by atoms with Crippen molar-refractivity contribution in [3.8, 4) is 5.75 Å². The minimum absolute atomic E-state index is 0.0503. The predicted octanol–water partition coefficient (Wildman–Crippen LogP) is 3.30. The van der Waals surface area contributed by atoms with Crippen molar-refractivity contribution < 1.29 is 23.0 Å². The van der Waals surface area contributed by atoms with Crippen LogP contribution in [-0.2, 0) is 14.9 Å². The fourth-order valence-corrected chi connectivity index (χ4v) is 2.57. The van der Waals surface area contributed by atoms with Crippen molar-refractivity contribution in [2.75, 3.05) is 13.2 Å². The molecule has 2 rings (SSSR count). The minimum Gasteiger partial charge on any atom is -0.486 e. The molecule has 3 nitrogen and oxygen atoms in total. The molecule has 0 radical (unpaired) electrons. The van der Waals surface area contributed by atoms with Crippen molar-refractivity contribution >= 4 is 21.9 Å². The number of carbonyl (C=O) groups excluding carboxylic acids is 1. The van der Waals surface area contributed by atoms with Gasteiger partial charge in [0.15, 0.2) is 12.0 Å². The molecule has 0 bridgehead atoms. The summed E-state index contributed by atoms with van der Waals surface area (Å²) in [6, 6.07) is 4.73. The number of alkyl halides is 2. The molecule has 0 amide bonds. The molecule has 1 aliphatic heterocycles. The third-order valence-electron chi connectivity index (χ3n) is 3.32. The quantitative estimate of drug-likeness (QED) is 0.778. The van der Waals surface area contributed by atoms with Gasteiger partial charge in [-0.15, -0.1) is 0 Å². The van der Waals surface area contributed by atoms with Crippen LogP contribution in [0.3, 0.4) is 0 Å². The topological polar surface area (TPSA) is 35.5 Å². The van der Waals surface area contributed by atoms with E-state index < -0.39 is 23.9 Å². The van der Waals surface area contributed by atoms with Gasteiger partial charge >= 0.3 is 11.9 Å². The van der Waals surface area contributed by atoms with Gasteiger partial charge < -0.3 is 9.47 Å². The Bertz CT molecular complexity index is 519. The highest BCUT2D eigenvalue weighted by Crippen LogP contribution is 2.50. The first-order valence-electron chi connectivity index (χ1n) is 5.81. The van der Waals surface area contributed by atoms with Gasteiger partial charge in [0, 0.05) is 5.56 Å². The normalized spacial score (nSPS) is 24.3. The van der Waals surface area contributed by atoms with Crippen molar-refractivity contribution in [1.29, 1.82) is 0 Å². The van der Waals surface area contributed by atoms with E-state index in [1.54, 1.807) is 19.1 Å². The highest BCUT2D eigenvalue weighted by molar-refractivity contribution is 9.10. The summed E-state index contributed by atoms with van der Waals surface area (Å²) in [5, 5.41) is 0. The van der Waals surface area contributed by atoms with Crippen LogP contribution in [0.2, 0.25) is 0 Å². The number of benzene rings is 1. The predicted molar refractivity (Wildman–Crippen MR) is 68.6 cm³/mol. The zero-order valence-electron chi connectivity index (χ0n) is 10.5. The first-order chi connectivity index (χ1) is 8.84. The maximum atomic E-state index is 14.2. The molecule has 19 heavy (non-hydrogen) atoms. The third-order valence-corrected chi connectivity index (χ3v) is 3.94. The minimum atomic E-state index is -3.33. The second kappa shape index (κ2) is 4.74. The molecule has 1 aromatic carbocycles.